The number of amides is 1. The minimum atomic E-state index is -0.206. The zero-order chi connectivity index (χ0) is 22.6. The second-order valence-corrected chi connectivity index (χ2v) is 7.91. The Bertz CT molecular complexity index is 1370. The lowest BCUT2D eigenvalue weighted by Gasteiger charge is -2.19. The van der Waals surface area contributed by atoms with Gasteiger partial charge < -0.3 is 9.40 Å². The minimum Gasteiger partial charge on any atom is -0.419 e. The molecular formula is C23H21N7O3. The molecule has 10 heteroatoms. The van der Waals surface area contributed by atoms with Gasteiger partial charge in [-0.3, -0.25) is 14.6 Å². The van der Waals surface area contributed by atoms with Gasteiger partial charge in [0.1, 0.15) is 11.5 Å². The number of aromatic amines is 1. The van der Waals surface area contributed by atoms with Crippen LogP contribution in [0.4, 0.5) is 0 Å². The van der Waals surface area contributed by atoms with Crippen LogP contribution < -0.4 is 5.56 Å². The number of H-pyrrole nitrogens is 1. The van der Waals surface area contributed by atoms with Crippen molar-refractivity contribution in [1.82, 2.24) is 30.1 Å². The van der Waals surface area contributed by atoms with E-state index in [0.717, 1.165) is 18.6 Å². The number of hydrogen-bond acceptors (Lipinski definition) is 8. The minimum absolute atomic E-state index is 0.129. The van der Waals surface area contributed by atoms with E-state index in [1.165, 1.54) is 0 Å². The van der Waals surface area contributed by atoms with Gasteiger partial charge in [0.05, 0.1) is 17.1 Å². The highest BCUT2D eigenvalue weighted by atomic mass is 16.4. The van der Waals surface area contributed by atoms with Crippen LogP contribution in [0.5, 0.6) is 0 Å². The van der Waals surface area contributed by atoms with Gasteiger partial charge in [0.2, 0.25) is 11.8 Å². The molecular weight excluding hydrogens is 422 g/mol. The number of aromatic nitrogens is 6. The number of para-hydroxylation sites is 1. The zero-order valence-corrected chi connectivity index (χ0v) is 17.8. The Hall–Kier alpha value is -4.08. The molecule has 3 heterocycles. The molecule has 0 saturated heterocycles. The fourth-order valence-corrected chi connectivity index (χ4v) is 3.93. The molecule has 0 spiro atoms. The third-order valence-corrected chi connectivity index (χ3v) is 5.66. The number of nitrogens with one attached hydrogen (secondary N) is 1. The van der Waals surface area contributed by atoms with Crippen molar-refractivity contribution in [3.05, 3.63) is 64.9 Å². The summed E-state index contributed by atoms with van der Waals surface area (Å²) in [6.07, 6.45) is 8.24. The maximum atomic E-state index is 12.4. The molecule has 1 aromatic carbocycles. The van der Waals surface area contributed by atoms with Gasteiger partial charge in [-0.2, -0.15) is 0 Å². The third-order valence-electron chi connectivity index (χ3n) is 5.66. The second kappa shape index (κ2) is 9.19. The van der Waals surface area contributed by atoms with Crippen molar-refractivity contribution < 1.29 is 9.21 Å². The van der Waals surface area contributed by atoms with Gasteiger partial charge in [-0.15, -0.1) is 10.2 Å². The Morgan fingerprint density at radius 2 is 2.00 bits per heavy atom. The molecule has 1 aliphatic carbocycles. The van der Waals surface area contributed by atoms with Crippen LogP contribution in [0.15, 0.2) is 57.1 Å². The summed E-state index contributed by atoms with van der Waals surface area (Å²) >= 11 is 0. The van der Waals surface area contributed by atoms with Gasteiger partial charge in [0.15, 0.2) is 0 Å². The standard InChI is InChI=1S/C23H21N7O3/c31-20(10-9-19-27-17-4-2-1-3-16(17)21(32)28-19)26-15-7-5-14(6-8-15)22-29-30-23(33-22)18-13-24-11-12-25-18/h1-4,11-14H,5-10H2,(H,27,28,32). The van der Waals surface area contributed by atoms with Crippen molar-refractivity contribution in [2.45, 2.75) is 44.4 Å². The Morgan fingerprint density at radius 3 is 2.82 bits per heavy atom. The first-order valence-electron chi connectivity index (χ1n) is 10.8. The highest BCUT2D eigenvalue weighted by Gasteiger charge is 2.25. The van der Waals surface area contributed by atoms with Gasteiger partial charge in [-0.1, -0.05) is 12.1 Å². The van der Waals surface area contributed by atoms with E-state index < -0.39 is 0 Å². The fraction of sp³-hybridized carbons (Fsp3) is 0.304. The number of aliphatic imine (C=N–C) groups is 1. The lowest BCUT2D eigenvalue weighted by Crippen LogP contribution is -2.16. The van der Waals surface area contributed by atoms with Crippen molar-refractivity contribution in [2.24, 2.45) is 4.99 Å². The van der Waals surface area contributed by atoms with E-state index in [9.17, 15) is 9.59 Å². The third kappa shape index (κ3) is 4.74. The number of fused-ring (bicyclic) bond motifs is 1. The summed E-state index contributed by atoms with van der Waals surface area (Å²) in [5, 5.41) is 8.78. The highest BCUT2D eigenvalue weighted by Crippen LogP contribution is 2.32. The van der Waals surface area contributed by atoms with Crippen molar-refractivity contribution in [1.29, 1.82) is 0 Å². The molecule has 1 N–H and O–H groups in total. The average Bonchev–Trinajstić information content (AvgIpc) is 3.34. The second-order valence-electron chi connectivity index (χ2n) is 7.91. The molecule has 33 heavy (non-hydrogen) atoms. The summed E-state index contributed by atoms with van der Waals surface area (Å²) in [6, 6.07) is 7.14. The average molecular weight is 443 g/mol. The number of carbonyl (C=O) groups excluding carboxylic acids is 1. The number of rotatable bonds is 5. The molecule has 0 unspecified atom stereocenters. The molecule has 0 atom stereocenters. The first-order chi connectivity index (χ1) is 16.2. The van der Waals surface area contributed by atoms with Gasteiger partial charge in [-0.25, -0.2) is 15.0 Å². The van der Waals surface area contributed by atoms with Crippen LogP contribution in [-0.2, 0) is 11.2 Å². The van der Waals surface area contributed by atoms with Crippen molar-refractivity contribution in [3.8, 4) is 11.6 Å². The van der Waals surface area contributed by atoms with Crippen LogP contribution in [-0.4, -0.2) is 41.8 Å². The zero-order valence-electron chi connectivity index (χ0n) is 17.8. The Kier molecular flexibility index (Phi) is 5.79. The van der Waals surface area contributed by atoms with E-state index in [4.69, 9.17) is 4.42 Å². The SMILES string of the molecule is O=C(CCc1nc2ccccc2c(=O)[nH]1)N=C1CCC(c2nnc(-c3cnccn3)o2)CC1. The molecule has 1 fully saturated rings. The molecule has 3 aromatic heterocycles. The van der Waals surface area contributed by atoms with Gasteiger partial charge >= 0.3 is 0 Å². The maximum absolute atomic E-state index is 12.4. The van der Waals surface area contributed by atoms with Crippen LogP contribution in [0, 0.1) is 0 Å². The lowest BCUT2D eigenvalue weighted by atomic mass is 9.88. The van der Waals surface area contributed by atoms with E-state index in [2.05, 4.69) is 35.1 Å². The van der Waals surface area contributed by atoms with E-state index in [-0.39, 0.29) is 23.8 Å². The van der Waals surface area contributed by atoms with Crippen LogP contribution in [0.3, 0.4) is 0 Å². The van der Waals surface area contributed by atoms with Crippen LogP contribution in [0.2, 0.25) is 0 Å². The van der Waals surface area contributed by atoms with Gasteiger partial charge in [-0.05, 0) is 37.8 Å². The molecule has 1 amide bonds. The molecule has 1 aliphatic rings. The molecule has 5 rings (SSSR count). The van der Waals surface area contributed by atoms with Crippen LogP contribution in [0.25, 0.3) is 22.5 Å². The predicted octanol–water partition coefficient (Wildman–Crippen LogP) is 3.02. The summed E-state index contributed by atoms with van der Waals surface area (Å²) < 4.78 is 5.79. The summed E-state index contributed by atoms with van der Waals surface area (Å²) in [5.41, 5.74) is 1.85. The van der Waals surface area contributed by atoms with E-state index in [1.54, 1.807) is 36.8 Å². The van der Waals surface area contributed by atoms with E-state index in [0.29, 0.717) is 53.5 Å². The maximum Gasteiger partial charge on any atom is 0.267 e. The van der Waals surface area contributed by atoms with Crippen LogP contribution in [0.1, 0.15) is 49.7 Å². The quantitative estimate of drug-likeness (QED) is 0.496. The number of hydrogen-bond donors (Lipinski definition) is 1. The number of benzene rings is 1. The molecule has 166 valence electrons. The van der Waals surface area contributed by atoms with Crippen molar-refractivity contribution in [3.63, 3.8) is 0 Å². The summed E-state index contributed by atoms with van der Waals surface area (Å²) in [6.45, 7) is 0. The Morgan fingerprint density at radius 1 is 1.15 bits per heavy atom. The largest absolute Gasteiger partial charge is 0.419 e. The molecule has 1 saturated carbocycles. The highest BCUT2D eigenvalue weighted by molar-refractivity contribution is 5.96. The molecule has 4 aromatic rings. The van der Waals surface area contributed by atoms with Crippen molar-refractivity contribution >= 4 is 22.5 Å². The first kappa shape index (κ1) is 20.8. The van der Waals surface area contributed by atoms with Gasteiger partial charge in [0.25, 0.3) is 11.4 Å². The summed E-state index contributed by atoms with van der Waals surface area (Å²) in [4.78, 5) is 44.2. The lowest BCUT2D eigenvalue weighted by molar-refractivity contribution is -0.117. The van der Waals surface area contributed by atoms with Crippen LogP contribution >= 0.6 is 0 Å². The molecule has 0 aliphatic heterocycles. The number of nitrogens with zero attached hydrogens (tertiary/aromatic N) is 6. The van der Waals surface area contributed by atoms with Gasteiger partial charge in [0, 0.05) is 36.9 Å². The molecule has 10 nitrogen and oxygen atoms in total. The Labute approximate surface area is 188 Å². The topological polar surface area (TPSA) is 140 Å². The molecule has 0 radical (unpaired) electrons. The van der Waals surface area contributed by atoms with Crippen molar-refractivity contribution in [2.75, 3.05) is 0 Å². The number of carbonyl (C=O) groups is 1. The monoisotopic (exact) mass is 443 g/mol. The van der Waals surface area contributed by atoms with E-state index in [1.807, 2.05) is 6.07 Å². The molecule has 0 bridgehead atoms. The van der Waals surface area contributed by atoms with E-state index >= 15 is 0 Å². The first-order valence-corrected chi connectivity index (χ1v) is 10.8. The number of aryl methyl sites for hydroxylation is 1. The predicted molar refractivity (Wildman–Crippen MR) is 120 cm³/mol. The Balaban J connectivity index is 1.16. The summed E-state index contributed by atoms with van der Waals surface area (Å²) in [5.74, 6) is 1.34. The normalized spacial score (nSPS) is 16.1. The summed E-state index contributed by atoms with van der Waals surface area (Å²) in [7, 11) is 0. The smallest absolute Gasteiger partial charge is 0.267 e. The fourth-order valence-electron chi connectivity index (χ4n) is 3.93.